The molecule has 28 heavy (non-hydrogen) atoms. The van der Waals surface area contributed by atoms with Gasteiger partial charge < -0.3 is 5.11 Å². The molecule has 1 N–H and O–H groups in total. The Bertz CT molecular complexity index is 1000. The molecule has 148 valence electrons. The zero-order valence-corrected chi connectivity index (χ0v) is 16.9. The molecular formula is C19H23N5O3S. The summed E-state index contributed by atoms with van der Waals surface area (Å²) in [6.07, 6.45) is 1.17. The van der Waals surface area contributed by atoms with Crippen LogP contribution in [0.25, 0.3) is 4.96 Å². The number of aromatic hydroxyl groups is 1. The first kappa shape index (κ1) is 18.8. The minimum atomic E-state index is -0.396. The summed E-state index contributed by atoms with van der Waals surface area (Å²) < 4.78 is 1.48. The van der Waals surface area contributed by atoms with Crippen molar-refractivity contribution in [2.75, 3.05) is 13.1 Å². The third kappa shape index (κ3) is 3.35. The van der Waals surface area contributed by atoms with Crippen molar-refractivity contribution in [2.45, 2.75) is 33.2 Å². The van der Waals surface area contributed by atoms with Gasteiger partial charge in [0.15, 0.2) is 0 Å². The number of nitro groups is 1. The van der Waals surface area contributed by atoms with Gasteiger partial charge >= 0.3 is 0 Å². The maximum absolute atomic E-state index is 11.0. The fraction of sp³-hybridized carbons (Fsp3) is 0.474. The van der Waals surface area contributed by atoms with Gasteiger partial charge in [0.2, 0.25) is 10.8 Å². The molecule has 9 heteroatoms. The number of non-ortho nitro benzene ring substituents is 1. The highest BCUT2D eigenvalue weighted by Gasteiger charge is 2.33. The molecule has 1 aliphatic rings. The lowest BCUT2D eigenvalue weighted by molar-refractivity contribution is -0.384. The number of hydrogen-bond acceptors (Lipinski definition) is 7. The number of rotatable bonds is 4. The van der Waals surface area contributed by atoms with Gasteiger partial charge in [0.1, 0.15) is 5.82 Å². The lowest BCUT2D eigenvalue weighted by Gasteiger charge is -2.40. The summed E-state index contributed by atoms with van der Waals surface area (Å²) in [6.45, 7) is 8.07. The van der Waals surface area contributed by atoms with E-state index >= 15 is 0 Å². The lowest BCUT2D eigenvalue weighted by atomic mass is 9.89. The Morgan fingerprint density at radius 1 is 1.25 bits per heavy atom. The van der Waals surface area contributed by atoms with Crippen LogP contribution in [0.1, 0.15) is 42.6 Å². The van der Waals surface area contributed by atoms with Crippen LogP contribution in [0.2, 0.25) is 0 Å². The van der Waals surface area contributed by atoms with E-state index in [-0.39, 0.29) is 17.6 Å². The first-order valence-corrected chi connectivity index (χ1v) is 10.2. The number of piperidine rings is 1. The monoisotopic (exact) mass is 401 g/mol. The van der Waals surface area contributed by atoms with Gasteiger partial charge in [0.25, 0.3) is 5.69 Å². The molecule has 0 aliphatic carbocycles. The molecule has 0 unspecified atom stereocenters. The molecule has 0 radical (unpaired) electrons. The Kier molecular flexibility index (Phi) is 4.80. The van der Waals surface area contributed by atoms with Gasteiger partial charge in [-0.15, -0.1) is 5.10 Å². The van der Waals surface area contributed by atoms with E-state index in [1.165, 1.54) is 34.4 Å². The number of likely N-dealkylation sites (tertiary alicyclic amines) is 1. The van der Waals surface area contributed by atoms with E-state index in [0.29, 0.717) is 22.6 Å². The number of aryl methyl sites for hydroxylation is 1. The van der Waals surface area contributed by atoms with Gasteiger partial charge in [-0.1, -0.05) is 37.3 Å². The normalized spacial score (nSPS) is 21.8. The van der Waals surface area contributed by atoms with Crippen molar-refractivity contribution in [2.24, 2.45) is 11.8 Å². The number of hydrogen-bond donors (Lipinski definition) is 1. The fourth-order valence-electron chi connectivity index (χ4n) is 4.25. The van der Waals surface area contributed by atoms with E-state index in [0.717, 1.165) is 23.5 Å². The largest absolute Gasteiger partial charge is 0.492 e. The number of nitrogens with zero attached hydrogens (tertiary/aromatic N) is 5. The van der Waals surface area contributed by atoms with E-state index in [1.807, 2.05) is 0 Å². The van der Waals surface area contributed by atoms with E-state index in [1.54, 1.807) is 19.1 Å². The Balaban J connectivity index is 1.81. The molecule has 8 nitrogen and oxygen atoms in total. The second kappa shape index (κ2) is 7.14. The molecule has 0 bridgehead atoms. The molecular weight excluding hydrogens is 378 g/mol. The number of thiazole rings is 1. The smallest absolute Gasteiger partial charge is 0.269 e. The molecule has 2 aromatic heterocycles. The first-order chi connectivity index (χ1) is 13.3. The molecule has 0 amide bonds. The van der Waals surface area contributed by atoms with Gasteiger partial charge in [0.05, 0.1) is 15.8 Å². The van der Waals surface area contributed by atoms with Crippen LogP contribution >= 0.6 is 11.3 Å². The number of fused-ring (bicyclic) bond motifs is 1. The van der Waals surface area contributed by atoms with Crippen molar-refractivity contribution in [3.63, 3.8) is 0 Å². The number of benzene rings is 1. The molecule has 1 fully saturated rings. The molecule has 3 aromatic rings. The van der Waals surface area contributed by atoms with Crippen molar-refractivity contribution >= 4 is 22.0 Å². The van der Waals surface area contributed by atoms with Crippen molar-refractivity contribution in [3.8, 4) is 5.88 Å². The summed E-state index contributed by atoms with van der Waals surface area (Å²) in [5.74, 6) is 1.78. The summed E-state index contributed by atoms with van der Waals surface area (Å²) in [5, 5.41) is 26.2. The zero-order chi connectivity index (χ0) is 20.0. The maximum Gasteiger partial charge on any atom is 0.269 e. The third-order valence-corrected chi connectivity index (χ3v) is 6.31. The minimum absolute atomic E-state index is 0.0605. The molecule has 1 aromatic carbocycles. The summed E-state index contributed by atoms with van der Waals surface area (Å²) >= 11 is 1.42. The van der Waals surface area contributed by atoms with Gasteiger partial charge in [-0.2, -0.15) is 4.52 Å². The van der Waals surface area contributed by atoms with Gasteiger partial charge in [-0.25, -0.2) is 4.98 Å². The number of aromatic nitrogens is 3. The van der Waals surface area contributed by atoms with E-state index < -0.39 is 4.92 Å². The average Bonchev–Trinajstić information content (AvgIpc) is 3.13. The minimum Gasteiger partial charge on any atom is -0.492 e. The fourth-order valence-corrected chi connectivity index (χ4v) is 5.42. The van der Waals surface area contributed by atoms with Crippen LogP contribution in [-0.4, -0.2) is 42.6 Å². The highest BCUT2D eigenvalue weighted by Crippen LogP contribution is 2.42. The van der Waals surface area contributed by atoms with Crippen molar-refractivity contribution in [3.05, 3.63) is 50.6 Å². The Hall–Kier alpha value is -2.52. The highest BCUT2D eigenvalue weighted by atomic mass is 32.1. The van der Waals surface area contributed by atoms with E-state index in [2.05, 4.69) is 28.8 Å². The van der Waals surface area contributed by atoms with Crippen LogP contribution in [0.15, 0.2) is 24.3 Å². The molecule has 0 spiro atoms. The van der Waals surface area contributed by atoms with Gasteiger partial charge in [-0.3, -0.25) is 15.0 Å². The topological polar surface area (TPSA) is 96.8 Å². The lowest BCUT2D eigenvalue weighted by Crippen LogP contribution is -2.41. The third-order valence-electron chi connectivity index (χ3n) is 5.24. The van der Waals surface area contributed by atoms with Crippen LogP contribution in [0.4, 0.5) is 5.69 Å². The Morgan fingerprint density at radius 2 is 1.89 bits per heavy atom. The number of nitro benzene ring substituents is 1. The molecule has 4 rings (SSSR count). The predicted molar refractivity (Wildman–Crippen MR) is 107 cm³/mol. The second-order valence-corrected chi connectivity index (χ2v) is 8.80. The van der Waals surface area contributed by atoms with Crippen LogP contribution in [-0.2, 0) is 0 Å². The molecule has 3 heterocycles. The van der Waals surface area contributed by atoms with E-state index in [9.17, 15) is 15.2 Å². The quantitative estimate of drug-likeness (QED) is 0.528. The summed E-state index contributed by atoms with van der Waals surface area (Å²) in [7, 11) is 0. The average molecular weight is 401 g/mol. The van der Waals surface area contributed by atoms with Crippen LogP contribution < -0.4 is 0 Å². The first-order valence-electron chi connectivity index (χ1n) is 9.37. The Morgan fingerprint density at radius 3 is 2.46 bits per heavy atom. The van der Waals surface area contributed by atoms with Crippen LogP contribution in [0.5, 0.6) is 5.88 Å². The van der Waals surface area contributed by atoms with Crippen molar-refractivity contribution in [1.29, 1.82) is 0 Å². The predicted octanol–water partition coefficient (Wildman–Crippen LogP) is 3.78. The maximum atomic E-state index is 11.0. The Labute approximate surface area is 166 Å². The summed E-state index contributed by atoms with van der Waals surface area (Å²) in [5.41, 5.74) is 0.980. The molecule has 1 saturated heterocycles. The molecule has 1 aliphatic heterocycles. The van der Waals surface area contributed by atoms with Crippen LogP contribution in [0.3, 0.4) is 0 Å². The van der Waals surface area contributed by atoms with Gasteiger partial charge in [0, 0.05) is 25.2 Å². The summed E-state index contributed by atoms with van der Waals surface area (Å²) in [6, 6.07) is 6.43. The van der Waals surface area contributed by atoms with Crippen LogP contribution in [0, 0.1) is 28.9 Å². The van der Waals surface area contributed by atoms with Crippen molar-refractivity contribution in [1.82, 2.24) is 19.5 Å². The van der Waals surface area contributed by atoms with Crippen molar-refractivity contribution < 1.29 is 10.0 Å². The van der Waals surface area contributed by atoms with E-state index in [4.69, 9.17) is 0 Å². The standard InChI is InChI=1S/C19H23N5O3S/c1-11-8-12(2)10-22(9-11)16(14-4-6-15(7-5-14)24(26)27)17-18(25)23-19(28-17)20-13(3)21-23/h4-7,11-12,16,25H,8-10H2,1-3H3/t11-,12+,16-/m0/s1. The molecule has 0 saturated carbocycles. The summed E-state index contributed by atoms with van der Waals surface area (Å²) in [4.78, 5) is 18.8. The molecule has 3 atom stereocenters. The van der Waals surface area contributed by atoms with Gasteiger partial charge in [-0.05, 0) is 30.7 Å². The SMILES string of the molecule is Cc1nc2sc([C@H](c3ccc([N+](=O)[O-])cc3)N3C[C@H](C)C[C@H](C)C3)c(O)n2n1. The second-order valence-electron chi connectivity index (χ2n) is 7.79. The zero-order valence-electron chi connectivity index (χ0n) is 16.1. The highest BCUT2D eigenvalue weighted by molar-refractivity contribution is 7.17.